The minimum atomic E-state index is -2.90. The van der Waals surface area contributed by atoms with E-state index in [2.05, 4.69) is 35.1 Å². The molecule has 8 nitrogen and oxygen atoms in total. The van der Waals surface area contributed by atoms with Crippen LogP contribution in [0.2, 0.25) is 0 Å². The maximum Gasteiger partial charge on any atom is 0.387 e. The number of ether oxygens (including phenoxy) is 2. The van der Waals surface area contributed by atoms with Gasteiger partial charge >= 0.3 is 6.61 Å². The highest BCUT2D eigenvalue weighted by atomic mass is 127. The van der Waals surface area contributed by atoms with Crippen molar-refractivity contribution in [1.82, 2.24) is 25.4 Å². The van der Waals surface area contributed by atoms with Gasteiger partial charge in [0, 0.05) is 32.1 Å². The normalized spacial score (nSPS) is 13.1. The Morgan fingerprint density at radius 3 is 2.79 bits per heavy atom. The monoisotopic (exact) mass is 508 g/mol. The Morgan fingerprint density at radius 1 is 1.29 bits per heavy atom. The van der Waals surface area contributed by atoms with E-state index in [0.717, 1.165) is 31.0 Å². The molecule has 1 aromatic heterocycles. The van der Waals surface area contributed by atoms with Crippen LogP contribution >= 0.6 is 24.0 Å². The Labute approximate surface area is 178 Å². The molecule has 0 aliphatic carbocycles. The van der Waals surface area contributed by atoms with Gasteiger partial charge in [0.05, 0.1) is 13.7 Å². The van der Waals surface area contributed by atoms with Crippen LogP contribution < -0.4 is 20.1 Å². The number of nitrogens with zero attached hydrogens (tertiary/aromatic N) is 4. The number of hydrogen-bond donors (Lipinski definition) is 2. The summed E-state index contributed by atoms with van der Waals surface area (Å²) in [5.74, 6) is 2.99. The van der Waals surface area contributed by atoms with Gasteiger partial charge in [-0.2, -0.15) is 8.78 Å². The molecule has 2 aromatic rings. The molecule has 0 atom stereocenters. The number of benzene rings is 1. The Balaban J connectivity index is 0.00000280. The van der Waals surface area contributed by atoms with E-state index in [4.69, 9.17) is 4.74 Å². The third kappa shape index (κ3) is 5.42. The number of methoxy groups -OCH3 is 1. The summed E-state index contributed by atoms with van der Waals surface area (Å²) in [5.41, 5.74) is 0.529. The van der Waals surface area contributed by atoms with Crippen LogP contribution in [0.4, 0.5) is 8.78 Å². The third-order valence-corrected chi connectivity index (χ3v) is 4.25. The third-order valence-electron chi connectivity index (χ3n) is 4.25. The quantitative estimate of drug-likeness (QED) is 0.340. The van der Waals surface area contributed by atoms with Crippen molar-refractivity contribution in [3.05, 3.63) is 35.4 Å². The van der Waals surface area contributed by atoms with Gasteiger partial charge < -0.3 is 24.7 Å². The number of alkyl halides is 2. The molecule has 2 N–H and O–H groups in total. The van der Waals surface area contributed by atoms with Crippen LogP contribution in [0.25, 0.3) is 0 Å². The van der Waals surface area contributed by atoms with Gasteiger partial charge in [-0.1, -0.05) is 0 Å². The molecule has 0 saturated heterocycles. The van der Waals surface area contributed by atoms with E-state index in [1.54, 1.807) is 19.2 Å². The van der Waals surface area contributed by atoms with Gasteiger partial charge in [0.2, 0.25) is 0 Å². The minimum absolute atomic E-state index is 0. The number of hydrogen-bond acceptors (Lipinski definition) is 5. The van der Waals surface area contributed by atoms with Gasteiger partial charge in [0.15, 0.2) is 11.8 Å². The summed E-state index contributed by atoms with van der Waals surface area (Å²) in [7, 11) is 3.14. The van der Waals surface area contributed by atoms with Crippen molar-refractivity contribution in [2.45, 2.75) is 39.1 Å². The molecule has 0 unspecified atom stereocenters. The average molecular weight is 508 g/mol. The Kier molecular flexibility index (Phi) is 8.20. The number of guanidine groups is 1. The maximum absolute atomic E-state index is 12.6. The Bertz CT molecular complexity index is 815. The van der Waals surface area contributed by atoms with Gasteiger partial charge in [-0.15, -0.1) is 34.2 Å². The van der Waals surface area contributed by atoms with Crippen molar-refractivity contribution < 1.29 is 18.3 Å². The highest BCUT2D eigenvalue weighted by molar-refractivity contribution is 14.0. The molecular formula is C17H23F2IN6O2. The summed E-state index contributed by atoms with van der Waals surface area (Å²) < 4.78 is 37.0. The van der Waals surface area contributed by atoms with Crippen LogP contribution in [-0.2, 0) is 26.1 Å². The molecule has 1 aliphatic heterocycles. The summed E-state index contributed by atoms with van der Waals surface area (Å²) in [6.07, 6.45) is 2.02. The molecule has 0 fully saturated rings. The number of fused-ring (bicyclic) bond motifs is 1. The molecule has 0 saturated carbocycles. The molecule has 1 aliphatic rings. The lowest BCUT2D eigenvalue weighted by atomic mass is 10.2. The van der Waals surface area contributed by atoms with E-state index in [0.29, 0.717) is 23.8 Å². The second-order valence-corrected chi connectivity index (χ2v) is 5.92. The lowest BCUT2D eigenvalue weighted by Gasteiger charge is -2.15. The summed E-state index contributed by atoms with van der Waals surface area (Å²) in [6.45, 7) is -1.28. The summed E-state index contributed by atoms with van der Waals surface area (Å²) in [5, 5.41) is 14.6. The standard InChI is InChI=1S/C17H22F2N6O2.HI/c1-20-17(22-10-15-24-23-14-4-3-7-25(14)15)21-9-11-8-12(26-2)5-6-13(11)27-16(18)19;/h5-6,8,16H,3-4,7,9-10H2,1-2H3,(H2,20,21,22);1H. The van der Waals surface area contributed by atoms with Gasteiger partial charge in [-0.25, -0.2) is 0 Å². The molecule has 28 heavy (non-hydrogen) atoms. The van der Waals surface area contributed by atoms with Crippen LogP contribution in [0.3, 0.4) is 0 Å². The predicted molar refractivity (Wildman–Crippen MR) is 110 cm³/mol. The Hall–Kier alpha value is -2.18. The Morgan fingerprint density at radius 2 is 2.07 bits per heavy atom. The van der Waals surface area contributed by atoms with Gasteiger partial charge in [-0.3, -0.25) is 4.99 Å². The first kappa shape index (κ1) is 22.1. The molecule has 2 heterocycles. The highest BCUT2D eigenvalue weighted by Gasteiger charge is 2.17. The van der Waals surface area contributed by atoms with E-state index in [-0.39, 0.29) is 36.3 Å². The fraction of sp³-hybridized carbons (Fsp3) is 0.471. The van der Waals surface area contributed by atoms with Crippen molar-refractivity contribution in [3.63, 3.8) is 0 Å². The smallest absolute Gasteiger partial charge is 0.387 e. The van der Waals surface area contributed by atoms with Crippen LogP contribution in [0.15, 0.2) is 23.2 Å². The minimum Gasteiger partial charge on any atom is -0.497 e. The van der Waals surface area contributed by atoms with Gasteiger partial charge in [0.1, 0.15) is 17.3 Å². The number of rotatable bonds is 7. The predicted octanol–water partition coefficient (Wildman–Crippen LogP) is 2.32. The zero-order chi connectivity index (χ0) is 19.2. The molecule has 3 rings (SSSR count). The van der Waals surface area contributed by atoms with Crippen LogP contribution in [0.5, 0.6) is 11.5 Å². The first-order chi connectivity index (χ1) is 13.1. The fourth-order valence-electron chi connectivity index (χ4n) is 2.94. The number of halogens is 3. The number of nitrogens with one attached hydrogen (secondary N) is 2. The van der Waals surface area contributed by atoms with Crippen LogP contribution in [0.1, 0.15) is 23.6 Å². The van der Waals surface area contributed by atoms with Crippen LogP contribution in [-0.4, -0.2) is 41.5 Å². The first-order valence-electron chi connectivity index (χ1n) is 8.58. The van der Waals surface area contributed by atoms with Gasteiger partial charge in [-0.05, 0) is 24.6 Å². The van der Waals surface area contributed by atoms with E-state index in [1.807, 2.05) is 0 Å². The summed E-state index contributed by atoms with van der Waals surface area (Å²) >= 11 is 0. The molecule has 11 heteroatoms. The molecule has 0 radical (unpaired) electrons. The van der Waals surface area contributed by atoms with Crippen molar-refractivity contribution in [1.29, 1.82) is 0 Å². The molecule has 154 valence electrons. The summed E-state index contributed by atoms with van der Waals surface area (Å²) in [6, 6.07) is 4.67. The second kappa shape index (κ2) is 10.4. The first-order valence-corrected chi connectivity index (χ1v) is 8.58. The van der Waals surface area contributed by atoms with E-state index < -0.39 is 6.61 Å². The zero-order valence-corrected chi connectivity index (χ0v) is 17.9. The van der Waals surface area contributed by atoms with Crippen LogP contribution in [0, 0.1) is 0 Å². The lowest BCUT2D eigenvalue weighted by molar-refractivity contribution is -0.0504. The molecule has 0 bridgehead atoms. The number of aromatic nitrogens is 3. The van der Waals surface area contributed by atoms with Crippen molar-refractivity contribution in [2.24, 2.45) is 4.99 Å². The number of aryl methyl sites for hydroxylation is 1. The van der Waals surface area contributed by atoms with Gasteiger partial charge in [0.25, 0.3) is 0 Å². The molecule has 1 aromatic carbocycles. The van der Waals surface area contributed by atoms with Crippen molar-refractivity contribution in [2.75, 3.05) is 14.2 Å². The van der Waals surface area contributed by atoms with Crippen molar-refractivity contribution in [3.8, 4) is 11.5 Å². The van der Waals surface area contributed by atoms with E-state index >= 15 is 0 Å². The largest absolute Gasteiger partial charge is 0.497 e. The second-order valence-electron chi connectivity index (χ2n) is 5.92. The average Bonchev–Trinajstić information content (AvgIpc) is 3.27. The number of aliphatic imine (C=N–C) groups is 1. The zero-order valence-electron chi connectivity index (χ0n) is 15.6. The molecule has 0 spiro atoms. The van der Waals surface area contributed by atoms with E-state index in [1.165, 1.54) is 13.2 Å². The summed E-state index contributed by atoms with van der Waals surface area (Å²) in [4.78, 5) is 4.15. The van der Waals surface area contributed by atoms with E-state index in [9.17, 15) is 8.78 Å². The lowest BCUT2D eigenvalue weighted by Crippen LogP contribution is -2.37. The maximum atomic E-state index is 12.6. The fourth-order valence-corrected chi connectivity index (χ4v) is 2.94. The molecule has 0 amide bonds. The van der Waals surface area contributed by atoms with Crippen molar-refractivity contribution >= 4 is 29.9 Å². The topological polar surface area (TPSA) is 85.6 Å². The molecular weight excluding hydrogens is 485 g/mol. The highest BCUT2D eigenvalue weighted by Crippen LogP contribution is 2.25. The SMILES string of the molecule is CN=C(NCc1cc(OC)ccc1OC(F)F)NCc1nnc2n1CCC2.I.